The van der Waals surface area contributed by atoms with Gasteiger partial charge < -0.3 is 5.32 Å². The maximum Gasteiger partial charge on any atom is 0.147 e. The Balaban J connectivity index is 2.25. The Morgan fingerprint density at radius 2 is 1.82 bits per heavy atom. The molecule has 0 amide bonds. The molecular formula is C13H8ClFN2. The highest BCUT2D eigenvalue weighted by molar-refractivity contribution is 6.30. The third kappa shape index (κ3) is 2.74. The van der Waals surface area contributed by atoms with E-state index in [9.17, 15) is 4.39 Å². The summed E-state index contributed by atoms with van der Waals surface area (Å²) in [6.07, 6.45) is 0. The zero-order chi connectivity index (χ0) is 12.3. The maximum absolute atomic E-state index is 13.6. The predicted octanol–water partition coefficient (Wildman–Crippen LogP) is 4.09. The number of benzene rings is 2. The molecule has 0 aliphatic heterocycles. The van der Waals surface area contributed by atoms with Crippen molar-refractivity contribution in [3.63, 3.8) is 0 Å². The molecule has 2 aromatic carbocycles. The summed E-state index contributed by atoms with van der Waals surface area (Å²) in [4.78, 5) is 0. The van der Waals surface area contributed by atoms with Crippen molar-refractivity contribution in [2.24, 2.45) is 0 Å². The van der Waals surface area contributed by atoms with Crippen molar-refractivity contribution in [3.8, 4) is 6.07 Å². The lowest BCUT2D eigenvalue weighted by atomic mass is 10.2. The van der Waals surface area contributed by atoms with Crippen LogP contribution in [0.4, 0.5) is 15.8 Å². The van der Waals surface area contributed by atoms with Gasteiger partial charge >= 0.3 is 0 Å². The summed E-state index contributed by atoms with van der Waals surface area (Å²) in [5.41, 5.74) is 1.36. The van der Waals surface area contributed by atoms with E-state index in [0.717, 1.165) is 5.69 Å². The van der Waals surface area contributed by atoms with E-state index in [1.165, 1.54) is 12.1 Å². The van der Waals surface area contributed by atoms with E-state index < -0.39 is 5.82 Å². The number of halogens is 2. The molecule has 2 rings (SSSR count). The molecule has 0 radical (unpaired) electrons. The van der Waals surface area contributed by atoms with Crippen molar-refractivity contribution in [1.29, 1.82) is 5.26 Å². The third-order valence-electron chi connectivity index (χ3n) is 2.22. The van der Waals surface area contributed by atoms with Gasteiger partial charge in [0.2, 0.25) is 0 Å². The Morgan fingerprint density at radius 3 is 2.41 bits per heavy atom. The lowest BCUT2D eigenvalue weighted by molar-refractivity contribution is 0.631. The van der Waals surface area contributed by atoms with Crippen LogP contribution in [0.2, 0.25) is 5.02 Å². The largest absolute Gasteiger partial charge is 0.353 e. The van der Waals surface area contributed by atoms with Gasteiger partial charge in [0.05, 0.1) is 17.3 Å². The van der Waals surface area contributed by atoms with Gasteiger partial charge in [-0.15, -0.1) is 0 Å². The lowest BCUT2D eigenvalue weighted by Crippen LogP contribution is -1.94. The molecule has 2 nitrogen and oxygen atoms in total. The summed E-state index contributed by atoms with van der Waals surface area (Å²) in [5, 5.41) is 12.2. The normalized spacial score (nSPS) is 9.71. The van der Waals surface area contributed by atoms with Crippen LogP contribution in [-0.2, 0) is 0 Å². The van der Waals surface area contributed by atoms with Gasteiger partial charge in [-0.3, -0.25) is 0 Å². The molecule has 84 valence electrons. The Hall–Kier alpha value is -2.05. The fraction of sp³-hybridized carbons (Fsp3) is 0. The minimum absolute atomic E-state index is 0.296. The van der Waals surface area contributed by atoms with E-state index in [1.54, 1.807) is 30.3 Å². The molecule has 0 saturated carbocycles. The van der Waals surface area contributed by atoms with Crippen LogP contribution in [0.15, 0.2) is 42.5 Å². The number of nitrogens with zero attached hydrogens (tertiary/aromatic N) is 1. The maximum atomic E-state index is 13.6. The molecule has 0 aliphatic carbocycles. The average molecular weight is 247 g/mol. The van der Waals surface area contributed by atoms with E-state index in [0.29, 0.717) is 16.3 Å². The highest BCUT2D eigenvalue weighted by Gasteiger charge is 2.03. The van der Waals surface area contributed by atoms with Crippen molar-refractivity contribution >= 4 is 23.0 Å². The Bertz CT molecular complexity index is 573. The molecule has 0 atom stereocenters. The minimum Gasteiger partial charge on any atom is -0.353 e. The molecule has 4 heteroatoms. The summed E-state index contributed by atoms with van der Waals surface area (Å²) in [6.45, 7) is 0. The fourth-order valence-electron chi connectivity index (χ4n) is 1.37. The highest BCUT2D eigenvalue weighted by atomic mass is 35.5. The first-order valence-corrected chi connectivity index (χ1v) is 5.29. The summed E-state index contributed by atoms with van der Waals surface area (Å²) >= 11 is 5.75. The van der Waals surface area contributed by atoms with Crippen LogP contribution in [0, 0.1) is 17.1 Å². The van der Waals surface area contributed by atoms with Gasteiger partial charge in [-0.2, -0.15) is 5.26 Å². The summed E-state index contributed by atoms with van der Waals surface area (Å²) in [5.74, 6) is -0.459. The van der Waals surface area contributed by atoms with Gasteiger partial charge in [-0.05, 0) is 42.5 Å². The zero-order valence-corrected chi connectivity index (χ0v) is 9.50. The van der Waals surface area contributed by atoms with E-state index in [1.807, 2.05) is 6.07 Å². The molecular weight excluding hydrogens is 239 g/mol. The van der Waals surface area contributed by atoms with E-state index in [4.69, 9.17) is 16.9 Å². The number of hydrogen-bond acceptors (Lipinski definition) is 2. The quantitative estimate of drug-likeness (QED) is 0.866. The summed E-state index contributed by atoms with van der Waals surface area (Å²) in [6, 6.07) is 13.1. The molecule has 0 fully saturated rings. The monoisotopic (exact) mass is 246 g/mol. The number of anilines is 2. The number of nitriles is 1. The molecule has 0 spiro atoms. The standard InChI is InChI=1S/C13H8ClFN2/c14-10-2-4-11(5-3-10)17-13-6-1-9(8-16)7-12(13)15/h1-7,17H. The molecule has 0 saturated heterocycles. The van der Waals surface area contributed by atoms with E-state index >= 15 is 0 Å². The smallest absolute Gasteiger partial charge is 0.147 e. The lowest BCUT2D eigenvalue weighted by Gasteiger charge is -2.07. The van der Waals surface area contributed by atoms with Crippen LogP contribution in [0.5, 0.6) is 0 Å². The molecule has 0 unspecified atom stereocenters. The fourth-order valence-corrected chi connectivity index (χ4v) is 1.50. The van der Waals surface area contributed by atoms with Gasteiger partial charge in [0.25, 0.3) is 0 Å². The molecule has 0 bridgehead atoms. The molecule has 0 aliphatic rings. The Labute approximate surface area is 103 Å². The van der Waals surface area contributed by atoms with Gasteiger partial charge in [0.15, 0.2) is 0 Å². The van der Waals surface area contributed by atoms with Gasteiger partial charge in [-0.1, -0.05) is 11.6 Å². The molecule has 2 aromatic rings. The van der Waals surface area contributed by atoms with Crippen LogP contribution < -0.4 is 5.32 Å². The second-order valence-corrected chi connectivity index (χ2v) is 3.87. The van der Waals surface area contributed by atoms with Crippen LogP contribution in [0.3, 0.4) is 0 Å². The van der Waals surface area contributed by atoms with Crippen molar-refractivity contribution in [2.45, 2.75) is 0 Å². The van der Waals surface area contributed by atoms with Gasteiger partial charge in [-0.25, -0.2) is 4.39 Å². The van der Waals surface area contributed by atoms with Gasteiger partial charge in [0, 0.05) is 10.7 Å². The van der Waals surface area contributed by atoms with Crippen molar-refractivity contribution in [3.05, 3.63) is 58.9 Å². The van der Waals surface area contributed by atoms with Crippen molar-refractivity contribution in [1.82, 2.24) is 0 Å². The zero-order valence-electron chi connectivity index (χ0n) is 8.74. The van der Waals surface area contributed by atoms with Gasteiger partial charge in [0.1, 0.15) is 5.82 Å². The second-order valence-electron chi connectivity index (χ2n) is 3.44. The van der Waals surface area contributed by atoms with Crippen LogP contribution in [0.1, 0.15) is 5.56 Å². The second kappa shape index (κ2) is 4.86. The van der Waals surface area contributed by atoms with Crippen molar-refractivity contribution in [2.75, 3.05) is 5.32 Å². The summed E-state index contributed by atoms with van der Waals surface area (Å²) in [7, 11) is 0. The average Bonchev–Trinajstić information content (AvgIpc) is 2.34. The Kier molecular flexibility index (Phi) is 3.27. The minimum atomic E-state index is -0.459. The number of rotatable bonds is 2. The highest BCUT2D eigenvalue weighted by Crippen LogP contribution is 2.22. The molecule has 0 aromatic heterocycles. The third-order valence-corrected chi connectivity index (χ3v) is 2.47. The Morgan fingerprint density at radius 1 is 1.12 bits per heavy atom. The topological polar surface area (TPSA) is 35.8 Å². The van der Waals surface area contributed by atoms with Crippen LogP contribution >= 0.6 is 11.6 Å². The molecule has 0 heterocycles. The van der Waals surface area contributed by atoms with E-state index in [2.05, 4.69) is 5.32 Å². The first-order valence-electron chi connectivity index (χ1n) is 4.91. The molecule has 1 N–H and O–H groups in total. The van der Waals surface area contributed by atoms with Crippen LogP contribution in [-0.4, -0.2) is 0 Å². The number of hydrogen-bond donors (Lipinski definition) is 1. The van der Waals surface area contributed by atoms with Crippen LogP contribution in [0.25, 0.3) is 0 Å². The predicted molar refractivity (Wildman–Crippen MR) is 65.8 cm³/mol. The van der Waals surface area contributed by atoms with Crippen molar-refractivity contribution < 1.29 is 4.39 Å². The summed E-state index contributed by atoms with van der Waals surface area (Å²) < 4.78 is 13.6. The first-order chi connectivity index (χ1) is 8.19. The SMILES string of the molecule is N#Cc1ccc(Nc2ccc(Cl)cc2)c(F)c1. The molecule has 17 heavy (non-hydrogen) atoms. The number of nitrogens with one attached hydrogen (secondary N) is 1. The first kappa shape index (κ1) is 11.4. The van der Waals surface area contributed by atoms with E-state index in [-0.39, 0.29) is 0 Å².